The number of halogens is 2. The van der Waals surface area contributed by atoms with Gasteiger partial charge in [0.2, 0.25) is 0 Å². The van der Waals surface area contributed by atoms with E-state index >= 15 is 0 Å². The highest BCUT2D eigenvalue weighted by Gasteiger charge is 2.17. The predicted molar refractivity (Wildman–Crippen MR) is 81.8 cm³/mol. The smallest absolute Gasteiger partial charge is 0.153 e. The monoisotopic (exact) mass is 309 g/mol. The number of nitrogen functional groups attached to an aromatic ring is 1. The normalized spacial score (nSPS) is 10.8. The molecule has 3 aromatic rings. The van der Waals surface area contributed by atoms with Gasteiger partial charge in [-0.05, 0) is 23.6 Å². The maximum atomic E-state index is 6.25. The van der Waals surface area contributed by atoms with Crippen molar-refractivity contribution in [1.82, 2.24) is 10.2 Å². The van der Waals surface area contributed by atoms with E-state index in [1.165, 1.54) is 0 Å². The van der Waals surface area contributed by atoms with Gasteiger partial charge >= 0.3 is 0 Å². The summed E-state index contributed by atoms with van der Waals surface area (Å²) in [6.07, 6.45) is 0. The number of nitrogens with one attached hydrogen (secondary N) is 1. The van der Waals surface area contributed by atoms with Crippen LogP contribution in [0.25, 0.3) is 21.7 Å². The van der Waals surface area contributed by atoms with Crippen LogP contribution in [0.4, 0.5) is 5.82 Å². The zero-order valence-electron chi connectivity index (χ0n) is 9.65. The molecule has 3 nitrogen and oxygen atoms in total. The molecular formula is C13H9Cl2N3S. The van der Waals surface area contributed by atoms with Crippen molar-refractivity contribution >= 4 is 40.4 Å². The Labute approximate surface area is 124 Å². The summed E-state index contributed by atoms with van der Waals surface area (Å²) in [6, 6.07) is 9.31. The van der Waals surface area contributed by atoms with Crippen LogP contribution in [0.15, 0.2) is 35.7 Å². The lowest BCUT2D eigenvalue weighted by atomic mass is 10.0. The maximum Gasteiger partial charge on any atom is 0.153 e. The van der Waals surface area contributed by atoms with Crippen LogP contribution in [-0.4, -0.2) is 10.2 Å². The molecule has 0 bridgehead atoms. The van der Waals surface area contributed by atoms with Crippen molar-refractivity contribution < 1.29 is 0 Å². The minimum absolute atomic E-state index is 0.424. The molecule has 0 aliphatic rings. The van der Waals surface area contributed by atoms with E-state index in [0.29, 0.717) is 15.9 Å². The van der Waals surface area contributed by atoms with Gasteiger partial charge < -0.3 is 5.73 Å². The molecule has 1 aromatic carbocycles. The molecule has 0 fully saturated rings. The molecule has 3 rings (SSSR count). The average molecular weight is 310 g/mol. The quantitative estimate of drug-likeness (QED) is 0.721. The van der Waals surface area contributed by atoms with Gasteiger partial charge in [0, 0.05) is 10.6 Å². The molecule has 96 valence electrons. The highest BCUT2D eigenvalue weighted by molar-refractivity contribution is 7.13. The molecule has 0 radical (unpaired) electrons. The molecule has 0 saturated carbocycles. The van der Waals surface area contributed by atoms with E-state index in [2.05, 4.69) is 10.2 Å². The van der Waals surface area contributed by atoms with Crippen molar-refractivity contribution in [2.24, 2.45) is 0 Å². The zero-order valence-corrected chi connectivity index (χ0v) is 12.0. The zero-order chi connectivity index (χ0) is 13.4. The van der Waals surface area contributed by atoms with Crippen molar-refractivity contribution in [2.45, 2.75) is 0 Å². The van der Waals surface area contributed by atoms with Crippen LogP contribution in [0.5, 0.6) is 0 Å². The summed E-state index contributed by atoms with van der Waals surface area (Å²) in [6.45, 7) is 0. The first-order valence-corrected chi connectivity index (χ1v) is 7.13. The number of benzene rings is 1. The number of thiophene rings is 1. The fraction of sp³-hybridized carbons (Fsp3) is 0. The summed E-state index contributed by atoms with van der Waals surface area (Å²) in [5, 5.41) is 10.2. The van der Waals surface area contributed by atoms with Crippen LogP contribution in [-0.2, 0) is 0 Å². The van der Waals surface area contributed by atoms with Gasteiger partial charge in [0.25, 0.3) is 0 Å². The van der Waals surface area contributed by atoms with Gasteiger partial charge in [0.1, 0.15) is 0 Å². The second kappa shape index (κ2) is 4.89. The maximum absolute atomic E-state index is 6.25. The van der Waals surface area contributed by atoms with E-state index in [1.54, 1.807) is 23.5 Å². The first-order valence-electron chi connectivity index (χ1n) is 5.50. The third kappa shape index (κ3) is 2.23. The Morgan fingerprint density at radius 2 is 2.05 bits per heavy atom. The standard InChI is InChI=1S/C13H9Cl2N3S/c14-7-3-4-8(9(15)6-7)11-12(17-18-13(11)16)10-2-1-5-19-10/h1-6H,(H3,16,17,18). The van der Waals surface area contributed by atoms with Crippen molar-refractivity contribution in [3.05, 3.63) is 45.8 Å². The Hall–Kier alpha value is -1.49. The largest absolute Gasteiger partial charge is 0.382 e. The van der Waals surface area contributed by atoms with Crippen molar-refractivity contribution in [3.8, 4) is 21.7 Å². The van der Waals surface area contributed by atoms with E-state index in [1.807, 2.05) is 23.6 Å². The average Bonchev–Trinajstić information content (AvgIpc) is 2.99. The number of aromatic nitrogens is 2. The van der Waals surface area contributed by atoms with Crippen molar-refractivity contribution in [3.63, 3.8) is 0 Å². The van der Waals surface area contributed by atoms with Crippen molar-refractivity contribution in [2.75, 3.05) is 5.73 Å². The van der Waals surface area contributed by atoms with E-state index in [0.717, 1.165) is 21.7 Å². The third-order valence-electron chi connectivity index (χ3n) is 2.76. The van der Waals surface area contributed by atoms with E-state index in [9.17, 15) is 0 Å². The van der Waals surface area contributed by atoms with E-state index < -0.39 is 0 Å². The van der Waals surface area contributed by atoms with Gasteiger partial charge in [0.15, 0.2) is 5.82 Å². The molecule has 0 spiro atoms. The highest BCUT2D eigenvalue weighted by atomic mass is 35.5. The molecule has 0 atom stereocenters. The van der Waals surface area contributed by atoms with E-state index in [-0.39, 0.29) is 0 Å². The lowest BCUT2D eigenvalue weighted by Crippen LogP contribution is -1.89. The molecule has 0 aliphatic heterocycles. The number of rotatable bonds is 2. The molecule has 2 aromatic heterocycles. The Bertz CT molecular complexity index is 720. The molecule has 0 unspecified atom stereocenters. The number of hydrogen-bond donors (Lipinski definition) is 2. The van der Waals surface area contributed by atoms with Gasteiger partial charge in [0.05, 0.1) is 21.2 Å². The summed E-state index contributed by atoms with van der Waals surface area (Å²) >= 11 is 13.8. The Balaban J connectivity index is 2.22. The molecule has 19 heavy (non-hydrogen) atoms. The van der Waals surface area contributed by atoms with Gasteiger partial charge in [-0.3, -0.25) is 5.10 Å². The molecular weight excluding hydrogens is 301 g/mol. The summed E-state index contributed by atoms with van der Waals surface area (Å²) in [5.74, 6) is 0.424. The Morgan fingerprint density at radius 3 is 2.74 bits per heavy atom. The van der Waals surface area contributed by atoms with E-state index in [4.69, 9.17) is 28.9 Å². The number of H-pyrrole nitrogens is 1. The van der Waals surface area contributed by atoms with Crippen LogP contribution in [0.1, 0.15) is 0 Å². The van der Waals surface area contributed by atoms with Gasteiger partial charge in [-0.15, -0.1) is 11.3 Å². The summed E-state index contributed by atoms with van der Waals surface area (Å²) < 4.78 is 0. The fourth-order valence-corrected chi connectivity index (χ4v) is 3.15. The van der Waals surface area contributed by atoms with Crippen LogP contribution in [0.3, 0.4) is 0 Å². The first kappa shape index (κ1) is 12.5. The SMILES string of the molecule is Nc1n[nH]c(-c2cccs2)c1-c1ccc(Cl)cc1Cl. The second-order valence-electron chi connectivity index (χ2n) is 3.96. The minimum atomic E-state index is 0.424. The number of anilines is 1. The lowest BCUT2D eigenvalue weighted by Gasteiger charge is -2.06. The van der Waals surface area contributed by atoms with Gasteiger partial charge in [-0.25, -0.2) is 0 Å². The number of nitrogens with zero attached hydrogens (tertiary/aromatic N) is 1. The highest BCUT2D eigenvalue weighted by Crippen LogP contribution is 2.40. The Morgan fingerprint density at radius 1 is 1.21 bits per heavy atom. The molecule has 6 heteroatoms. The van der Waals surface area contributed by atoms with Crippen LogP contribution >= 0.6 is 34.5 Å². The Kier molecular flexibility index (Phi) is 3.22. The number of aromatic amines is 1. The lowest BCUT2D eigenvalue weighted by molar-refractivity contribution is 1.11. The van der Waals surface area contributed by atoms with Crippen LogP contribution in [0, 0.1) is 0 Å². The topological polar surface area (TPSA) is 54.7 Å². The predicted octanol–water partition coefficient (Wildman–Crippen LogP) is 4.69. The molecule has 0 aliphatic carbocycles. The number of hydrogen-bond acceptors (Lipinski definition) is 3. The molecule has 3 N–H and O–H groups in total. The first-order chi connectivity index (χ1) is 9.16. The second-order valence-corrected chi connectivity index (χ2v) is 5.75. The summed E-state index contributed by atoms with van der Waals surface area (Å²) in [5.41, 5.74) is 8.46. The summed E-state index contributed by atoms with van der Waals surface area (Å²) in [4.78, 5) is 1.06. The molecule has 0 amide bonds. The molecule has 2 heterocycles. The third-order valence-corrected chi connectivity index (χ3v) is 4.20. The van der Waals surface area contributed by atoms with Crippen LogP contribution < -0.4 is 5.73 Å². The number of nitrogens with two attached hydrogens (primary N) is 1. The van der Waals surface area contributed by atoms with Gasteiger partial charge in [-0.1, -0.05) is 35.3 Å². The van der Waals surface area contributed by atoms with Crippen molar-refractivity contribution in [1.29, 1.82) is 0 Å². The summed E-state index contributed by atoms with van der Waals surface area (Å²) in [7, 11) is 0. The van der Waals surface area contributed by atoms with Crippen LogP contribution in [0.2, 0.25) is 10.0 Å². The fourth-order valence-electron chi connectivity index (χ4n) is 1.92. The molecule has 0 saturated heterocycles. The minimum Gasteiger partial charge on any atom is -0.382 e. The van der Waals surface area contributed by atoms with Gasteiger partial charge in [-0.2, -0.15) is 5.10 Å².